The molecule has 1 saturated heterocycles. The molecule has 1 aliphatic rings. The highest BCUT2D eigenvalue weighted by Crippen LogP contribution is 2.28. The molecule has 5 nitrogen and oxygen atoms in total. The number of amides is 1. The molecular formula is C17H20ClN3O2. The van der Waals surface area contributed by atoms with Crippen molar-refractivity contribution in [3.05, 3.63) is 47.2 Å². The van der Waals surface area contributed by atoms with Crippen LogP contribution in [0.1, 0.15) is 37.0 Å². The van der Waals surface area contributed by atoms with Crippen molar-refractivity contribution in [2.24, 2.45) is 0 Å². The standard InChI is InChI=1S/C17H20ClN3O2/c1-17(2,23)15-8-5-9-20(15)16(22)12-10-19-21(11-12)14-7-4-3-6-13(14)18/h3-4,6-7,10-11,15,23H,5,8-9H2,1-2H3. The highest BCUT2D eigenvalue weighted by atomic mass is 35.5. The average molecular weight is 334 g/mol. The molecule has 0 bridgehead atoms. The molecule has 1 N–H and O–H groups in total. The second kappa shape index (κ2) is 5.98. The van der Waals surface area contributed by atoms with Crippen molar-refractivity contribution < 1.29 is 9.90 Å². The lowest BCUT2D eigenvalue weighted by molar-refractivity contribution is 0.000334. The summed E-state index contributed by atoms with van der Waals surface area (Å²) in [5.41, 5.74) is 0.319. The fraction of sp³-hybridized carbons (Fsp3) is 0.412. The second-order valence-electron chi connectivity index (χ2n) is 6.44. The average Bonchev–Trinajstić information content (AvgIpc) is 3.16. The summed E-state index contributed by atoms with van der Waals surface area (Å²) < 4.78 is 1.60. The molecule has 0 radical (unpaired) electrons. The van der Waals surface area contributed by atoms with E-state index in [1.807, 2.05) is 18.2 Å². The highest BCUT2D eigenvalue weighted by Gasteiger charge is 2.39. The number of nitrogens with zero attached hydrogens (tertiary/aromatic N) is 3. The highest BCUT2D eigenvalue weighted by molar-refractivity contribution is 6.32. The fourth-order valence-electron chi connectivity index (χ4n) is 3.11. The SMILES string of the molecule is CC(C)(O)C1CCCN1C(=O)c1cnn(-c2ccccc2Cl)c1. The van der Waals surface area contributed by atoms with E-state index in [4.69, 9.17) is 11.6 Å². The van der Waals surface area contributed by atoms with Gasteiger partial charge < -0.3 is 10.0 Å². The monoisotopic (exact) mass is 333 g/mol. The van der Waals surface area contributed by atoms with Gasteiger partial charge in [-0.05, 0) is 38.8 Å². The molecule has 2 aromatic rings. The lowest BCUT2D eigenvalue weighted by Crippen LogP contribution is -2.48. The van der Waals surface area contributed by atoms with Crippen LogP contribution in [0.5, 0.6) is 0 Å². The number of aliphatic hydroxyl groups is 1. The van der Waals surface area contributed by atoms with E-state index in [-0.39, 0.29) is 11.9 Å². The van der Waals surface area contributed by atoms with Gasteiger partial charge in [0.2, 0.25) is 0 Å². The topological polar surface area (TPSA) is 58.4 Å². The van der Waals surface area contributed by atoms with Crippen LogP contribution in [0.15, 0.2) is 36.7 Å². The Labute approximate surface area is 140 Å². The molecule has 0 spiro atoms. The van der Waals surface area contributed by atoms with Gasteiger partial charge in [-0.15, -0.1) is 0 Å². The number of carbonyl (C=O) groups excluding carboxylic acids is 1. The summed E-state index contributed by atoms with van der Waals surface area (Å²) in [5, 5.41) is 15.1. The van der Waals surface area contributed by atoms with Crippen molar-refractivity contribution in [3.8, 4) is 5.69 Å². The quantitative estimate of drug-likeness (QED) is 0.939. The summed E-state index contributed by atoms with van der Waals surface area (Å²) in [7, 11) is 0. The molecule has 23 heavy (non-hydrogen) atoms. The largest absolute Gasteiger partial charge is 0.388 e. The molecule has 1 atom stereocenters. The summed E-state index contributed by atoms with van der Waals surface area (Å²) in [5.74, 6) is -0.104. The van der Waals surface area contributed by atoms with Gasteiger partial charge in [0, 0.05) is 12.7 Å². The molecule has 1 aromatic carbocycles. The van der Waals surface area contributed by atoms with Crippen molar-refractivity contribution in [3.63, 3.8) is 0 Å². The first-order chi connectivity index (χ1) is 10.9. The first-order valence-electron chi connectivity index (χ1n) is 7.71. The normalized spacial score (nSPS) is 18.4. The van der Waals surface area contributed by atoms with Gasteiger partial charge in [-0.1, -0.05) is 23.7 Å². The van der Waals surface area contributed by atoms with Crippen LogP contribution in [0.4, 0.5) is 0 Å². The van der Waals surface area contributed by atoms with Crippen molar-refractivity contribution in [2.45, 2.75) is 38.3 Å². The predicted molar refractivity (Wildman–Crippen MR) is 88.9 cm³/mol. The lowest BCUT2D eigenvalue weighted by Gasteiger charge is -2.33. The van der Waals surface area contributed by atoms with Crippen LogP contribution >= 0.6 is 11.6 Å². The van der Waals surface area contributed by atoms with Crippen LogP contribution in [-0.2, 0) is 0 Å². The maximum Gasteiger partial charge on any atom is 0.257 e. The van der Waals surface area contributed by atoms with Crippen LogP contribution in [0.3, 0.4) is 0 Å². The summed E-state index contributed by atoms with van der Waals surface area (Å²) >= 11 is 6.17. The van der Waals surface area contributed by atoms with E-state index in [9.17, 15) is 9.90 Å². The van der Waals surface area contributed by atoms with Crippen LogP contribution < -0.4 is 0 Å². The van der Waals surface area contributed by atoms with Crippen molar-refractivity contribution in [2.75, 3.05) is 6.54 Å². The van der Waals surface area contributed by atoms with E-state index in [0.717, 1.165) is 18.5 Å². The van der Waals surface area contributed by atoms with Crippen LogP contribution in [0.25, 0.3) is 5.69 Å². The van der Waals surface area contributed by atoms with E-state index >= 15 is 0 Å². The molecule has 0 saturated carbocycles. The van der Waals surface area contributed by atoms with Gasteiger partial charge in [0.05, 0.1) is 34.1 Å². The molecule has 6 heteroatoms. The van der Waals surface area contributed by atoms with Gasteiger partial charge in [-0.2, -0.15) is 5.10 Å². The molecular weight excluding hydrogens is 314 g/mol. The van der Waals surface area contributed by atoms with Crippen molar-refractivity contribution in [1.82, 2.24) is 14.7 Å². The number of carbonyl (C=O) groups is 1. The van der Waals surface area contributed by atoms with Crippen LogP contribution in [0, 0.1) is 0 Å². The minimum absolute atomic E-state index is 0.104. The predicted octanol–water partition coefficient (Wildman–Crippen LogP) is 2.90. The van der Waals surface area contributed by atoms with E-state index in [0.29, 0.717) is 17.1 Å². The van der Waals surface area contributed by atoms with Gasteiger partial charge in [0.15, 0.2) is 0 Å². The van der Waals surface area contributed by atoms with Crippen LogP contribution in [-0.4, -0.2) is 43.9 Å². The van der Waals surface area contributed by atoms with E-state index in [1.54, 1.807) is 41.9 Å². The Morgan fingerprint density at radius 1 is 1.39 bits per heavy atom. The first-order valence-corrected chi connectivity index (χ1v) is 8.08. The zero-order valence-corrected chi connectivity index (χ0v) is 14.0. The number of halogens is 1. The van der Waals surface area contributed by atoms with E-state index in [1.165, 1.54) is 0 Å². The molecule has 3 rings (SSSR count). The number of rotatable bonds is 3. The minimum Gasteiger partial charge on any atom is -0.388 e. The molecule has 1 aliphatic heterocycles. The van der Waals surface area contributed by atoms with Gasteiger partial charge in [-0.3, -0.25) is 4.79 Å². The maximum absolute atomic E-state index is 12.8. The first kappa shape index (κ1) is 16.0. The summed E-state index contributed by atoms with van der Waals surface area (Å²) in [6.07, 6.45) is 4.95. The second-order valence-corrected chi connectivity index (χ2v) is 6.84. The maximum atomic E-state index is 12.8. The summed E-state index contributed by atoms with van der Waals surface area (Å²) in [6, 6.07) is 7.18. The lowest BCUT2D eigenvalue weighted by atomic mass is 9.96. The number of para-hydroxylation sites is 1. The van der Waals surface area contributed by atoms with Gasteiger partial charge in [0.25, 0.3) is 5.91 Å². The van der Waals surface area contributed by atoms with E-state index < -0.39 is 5.60 Å². The molecule has 1 amide bonds. The Balaban J connectivity index is 1.86. The summed E-state index contributed by atoms with van der Waals surface area (Å²) in [4.78, 5) is 14.5. The minimum atomic E-state index is -0.912. The zero-order chi connectivity index (χ0) is 16.6. The van der Waals surface area contributed by atoms with Crippen LogP contribution in [0.2, 0.25) is 5.02 Å². The Morgan fingerprint density at radius 3 is 2.83 bits per heavy atom. The number of benzene rings is 1. The smallest absolute Gasteiger partial charge is 0.257 e. The Bertz CT molecular complexity index is 721. The molecule has 122 valence electrons. The fourth-order valence-corrected chi connectivity index (χ4v) is 3.33. The third-order valence-corrected chi connectivity index (χ3v) is 4.58. The number of aromatic nitrogens is 2. The third-order valence-electron chi connectivity index (χ3n) is 4.26. The van der Waals surface area contributed by atoms with Crippen molar-refractivity contribution >= 4 is 17.5 Å². The number of likely N-dealkylation sites (tertiary alicyclic amines) is 1. The molecule has 1 unspecified atom stereocenters. The third kappa shape index (κ3) is 3.12. The Hall–Kier alpha value is -1.85. The number of hydrogen-bond acceptors (Lipinski definition) is 3. The van der Waals surface area contributed by atoms with Gasteiger partial charge >= 0.3 is 0 Å². The molecule has 0 aliphatic carbocycles. The van der Waals surface area contributed by atoms with E-state index in [2.05, 4.69) is 5.10 Å². The van der Waals surface area contributed by atoms with Crippen molar-refractivity contribution in [1.29, 1.82) is 0 Å². The van der Waals surface area contributed by atoms with Gasteiger partial charge in [-0.25, -0.2) is 4.68 Å². The Kier molecular flexibility index (Phi) is 4.17. The molecule has 2 heterocycles. The Morgan fingerprint density at radius 2 is 2.13 bits per heavy atom. The number of hydrogen-bond donors (Lipinski definition) is 1. The van der Waals surface area contributed by atoms with Gasteiger partial charge in [0.1, 0.15) is 0 Å². The molecule has 1 fully saturated rings. The molecule has 1 aromatic heterocycles. The summed E-state index contributed by atoms with van der Waals surface area (Å²) in [6.45, 7) is 4.15. The zero-order valence-electron chi connectivity index (χ0n) is 13.2.